The van der Waals surface area contributed by atoms with Crippen LogP contribution in [0.15, 0.2) is 15.8 Å². The number of aromatic amines is 1. The highest BCUT2D eigenvalue weighted by molar-refractivity contribution is 7.03. The molecule has 0 spiro atoms. The molecule has 0 aromatic carbocycles. The lowest BCUT2D eigenvalue weighted by molar-refractivity contribution is -0.117. The second kappa shape index (κ2) is 8.09. The molecule has 7 nitrogen and oxygen atoms in total. The van der Waals surface area contributed by atoms with E-state index in [9.17, 15) is 14.4 Å². The standard InChI is InChI=1S/C20H36N2O5Si2/c1-13-12-22(19(25)21-18(13)24)16-10-15(27-29(8,9)20(2,3)4)14(26-16)11-17(23)28(5,6)7/h12,14-16H,10-11H2,1-9H3,(H,21,24,25)/t14-,15+,16-/m1/s1. The summed E-state index contributed by atoms with van der Waals surface area (Å²) in [6, 6.07) is 0. The topological polar surface area (TPSA) is 90.4 Å². The van der Waals surface area contributed by atoms with Gasteiger partial charge in [0.05, 0.1) is 12.2 Å². The fourth-order valence-corrected chi connectivity index (χ4v) is 5.19. The van der Waals surface area contributed by atoms with Crippen LogP contribution in [0.2, 0.25) is 37.8 Å². The monoisotopic (exact) mass is 440 g/mol. The van der Waals surface area contributed by atoms with Gasteiger partial charge in [-0.1, -0.05) is 40.4 Å². The van der Waals surface area contributed by atoms with E-state index in [2.05, 4.69) is 38.8 Å². The van der Waals surface area contributed by atoms with E-state index in [-0.39, 0.29) is 16.5 Å². The van der Waals surface area contributed by atoms with E-state index in [0.717, 1.165) is 0 Å². The number of aromatic nitrogens is 2. The minimum atomic E-state index is -2.10. The second-order valence-corrected chi connectivity index (χ2v) is 20.5. The summed E-state index contributed by atoms with van der Waals surface area (Å²) in [4.78, 5) is 39.2. The maximum Gasteiger partial charge on any atom is 0.330 e. The van der Waals surface area contributed by atoms with Gasteiger partial charge in [-0.2, -0.15) is 0 Å². The molecule has 9 heteroatoms. The molecule has 164 valence electrons. The number of hydrogen-bond acceptors (Lipinski definition) is 5. The Hall–Kier alpha value is -1.30. The van der Waals surface area contributed by atoms with Crippen LogP contribution in [-0.4, -0.2) is 43.6 Å². The minimum Gasteiger partial charge on any atom is -0.411 e. The molecule has 2 heterocycles. The van der Waals surface area contributed by atoms with Gasteiger partial charge in [0.1, 0.15) is 19.7 Å². The maximum atomic E-state index is 12.8. The van der Waals surface area contributed by atoms with Crippen LogP contribution in [0.5, 0.6) is 0 Å². The van der Waals surface area contributed by atoms with Crippen molar-refractivity contribution in [2.75, 3.05) is 0 Å². The van der Waals surface area contributed by atoms with Crippen molar-refractivity contribution in [3.63, 3.8) is 0 Å². The molecule has 1 aromatic rings. The van der Waals surface area contributed by atoms with Crippen LogP contribution in [0.1, 0.15) is 45.4 Å². The molecular formula is C20H36N2O5Si2. The molecule has 1 fully saturated rings. The van der Waals surface area contributed by atoms with Crippen molar-refractivity contribution in [1.82, 2.24) is 9.55 Å². The highest BCUT2D eigenvalue weighted by Gasteiger charge is 2.46. The van der Waals surface area contributed by atoms with Crippen molar-refractivity contribution in [1.29, 1.82) is 0 Å². The summed E-state index contributed by atoms with van der Waals surface area (Å²) in [7, 11) is -4.06. The van der Waals surface area contributed by atoms with Crippen LogP contribution in [0.4, 0.5) is 0 Å². The van der Waals surface area contributed by atoms with Crippen molar-refractivity contribution in [3.8, 4) is 0 Å². The van der Waals surface area contributed by atoms with Crippen molar-refractivity contribution < 1.29 is 14.0 Å². The Kier molecular flexibility index (Phi) is 6.69. The number of aryl methyl sites for hydroxylation is 1. The Labute approximate surface area is 175 Å². The molecule has 0 saturated carbocycles. The summed E-state index contributed by atoms with van der Waals surface area (Å²) in [6.07, 6.45) is 1.07. The molecule has 1 saturated heterocycles. The molecule has 1 aromatic heterocycles. The predicted molar refractivity (Wildman–Crippen MR) is 120 cm³/mol. The van der Waals surface area contributed by atoms with Crippen LogP contribution in [0, 0.1) is 6.92 Å². The number of ether oxygens (including phenoxy) is 1. The first-order valence-corrected chi connectivity index (χ1v) is 16.6. The summed E-state index contributed by atoms with van der Waals surface area (Å²) in [6.45, 7) is 18.6. The largest absolute Gasteiger partial charge is 0.411 e. The minimum absolute atomic E-state index is 0.0177. The van der Waals surface area contributed by atoms with Gasteiger partial charge in [-0.15, -0.1) is 0 Å². The average molecular weight is 441 g/mol. The fraction of sp³-hybridized carbons (Fsp3) is 0.750. The summed E-state index contributed by atoms with van der Waals surface area (Å²) in [5.74, 6) is 0. The number of carbonyl (C=O) groups is 1. The number of nitrogens with one attached hydrogen (secondary N) is 1. The number of carbonyl (C=O) groups excluding carboxylic acids is 1. The predicted octanol–water partition coefficient (Wildman–Crippen LogP) is 3.36. The average Bonchev–Trinajstić information content (AvgIpc) is 2.90. The van der Waals surface area contributed by atoms with Gasteiger partial charge >= 0.3 is 5.69 Å². The fourth-order valence-electron chi connectivity index (χ4n) is 3.02. The molecule has 1 aliphatic heterocycles. The smallest absolute Gasteiger partial charge is 0.330 e. The lowest BCUT2D eigenvalue weighted by atomic mass is 10.1. The molecular weight excluding hydrogens is 404 g/mol. The van der Waals surface area contributed by atoms with Gasteiger partial charge < -0.3 is 14.0 Å². The van der Waals surface area contributed by atoms with Crippen LogP contribution in [0.25, 0.3) is 0 Å². The summed E-state index contributed by atoms with van der Waals surface area (Å²) in [5.41, 5.74) is -0.464. The summed E-state index contributed by atoms with van der Waals surface area (Å²) < 4.78 is 14.2. The molecule has 1 N–H and O–H groups in total. The number of hydrogen-bond donors (Lipinski definition) is 1. The first kappa shape index (κ1) is 24.0. The van der Waals surface area contributed by atoms with Crippen LogP contribution >= 0.6 is 0 Å². The Morgan fingerprint density at radius 1 is 1.24 bits per heavy atom. The third-order valence-corrected chi connectivity index (χ3v) is 12.5. The van der Waals surface area contributed by atoms with Gasteiger partial charge in [0.15, 0.2) is 8.32 Å². The SMILES string of the molecule is Cc1cn([C@H]2C[C@H](O[Si](C)(C)C(C)(C)C)[C@@H](CC(=O)[Si](C)(C)C)O2)c(=O)[nH]c1=O. The Morgan fingerprint density at radius 2 is 1.83 bits per heavy atom. The number of nitrogens with zero attached hydrogens (tertiary/aromatic N) is 1. The third-order valence-electron chi connectivity index (χ3n) is 6.11. The van der Waals surface area contributed by atoms with E-state index in [1.165, 1.54) is 10.8 Å². The molecule has 0 amide bonds. The van der Waals surface area contributed by atoms with E-state index < -0.39 is 40.0 Å². The molecule has 0 radical (unpaired) electrons. The van der Waals surface area contributed by atoms with E-state index in [0.29, 0.717) is 18.4 Å². The molecule has 0 bridgehead atoms. The second-order valence-electron chi connectivity index (χ2n) is 10.6. The van der Waals surface area contributed by atoms with Gasteiger partial charge in [-0.05, 0) is 25.1 Å². The molecule has 0 unspecified atom stereocenters. The Balaban J connectivity index is 2.36. The van der Waals surface area contributed by atoms with Gasteiger partial charge in [0.25, 0.3) is 5.56 Å². The zero-order valence-corrected chi connectivity index (χ0v) is 21.2. The molecule has 29 heavy (non-hydrogen) atoms. The molecule has 3 atom stereocenters. The summed E-state index contributed by atoms with van der Waals surface area (Å²) >= 11 is 0. The molecule has 1 aliphatic rings. The normalized spacial score (nSPS) is 23.4. The Morgan fingerprint density at radius 3 is 2.34 bits per heavy atom. The van der Waals surface area contributed by atoms with E-state index in [1.807, 2.05) is 19.6 Å². The lowest BCUT2D eigenvalue weighted by Gasteiger charge is -2.39. The van der Waals surface area contributed by atoms with E-state index in [4.69, 9.17) is 9.16 Å². The van der Waals surface area contributed by atoms with Gasteiger partial charge in [0, 0.05) is 24.6 Å². The van der Waals surface area contributed by atoms with Gasteiger partial charge in [0.2, 0.25) is 0 Å². The quantitative estimate of drug-likeness (QED) is 0.685. The lowest BCUT2D eigenvalue weighted by Crippen LogP contribution is -2.47. The van der Waals surface area contributed by atoms with Crippen LogP contribution in [0.3, 0.4) is 0 Å². The zero-order valence-electron chi connectivity index (χ0n) is 19.2. The maximum absolute atomic E-state index is 12.8. The molecule has 0 aliphatic carbocycles. The number of H-pyrrole nitrogens is 1. The summed E-state index contributed by atoms with van der Waals surface area (Å²) in [5, 5.41) is 0.251. The van der Waals surface area contributed by atoms with Crippen molar-refractivity contribution in [2.45, 2.75) is 96.7 Å². The van der Waals surface area contributed by atoms with Crippen molar-refractivity contribution >= 4 is 21.8 Å². The highest BCUT2D eigenvalue weighted by Crippen LogP contribution is 2.41. The van der Waals surface area contributed by atoms with Crippen molar-refractivity contribution in [2.24, 2.45) is 0 Å². The van der Waals surface area contributed by atoms with Crippen molar-refractivity contribution in [3.05, 3.63) is 32.6 Å². The third kappa shape index (κ3) is 5.45. The van der Waals surface area contributed by atoms with E-state index >= 15 is 0 Å². The van der Waals surface area contributed by atoms with Gasteiger partial charge in [-0.3, -0.25) is 14.3 Å². The first-order chi connectivity index (χ1) is 13.0. The zero-order chi connectivity index (χ0) is 22.4. The van der Waals surface area contributed by atoms with Crippen LogP contribution in [-0.2, 0) is 14.0 Å². The highest BCUT2D eigenvalue weighted by atomic mass is 28.4. The van der Waals surface area contributed by atoms with Gasteiger partial charge in [-0.25, -0.2) is 4.79 Å². The molecule has 2 rings (SSSR count). The van der Waals surface area contributed by atoms with Crippen LogP contribution < -0.4 is 11.2 Å². The Bertz CT molecular complexity index is 877. The number of rotatable bonds is 6. The first-order valence-electron chi connectivity index (χ1n) is 10.2. The van der Waals surface area contributed by atoms with E-state index in [1.54, 1.807) is 6.92 Å².